The molecule has 1 saturated heterocycles. The van der Waals surface area contributed by atoms with Crippen LogP contribution in [0.3, 0.4) is 0 Å². The standard InChI is InChI=1S/C14H18BrFN2O/c1-17-8-6-10(7-9-17)18(2)14(19)11-4-3-5-12(16)13(11)15/h3-5,10H,6-9H2,1-2H3. The summed E-state index contributed by atoms with van der Waals surface area (Å²) in [6, 6.07) is 4.80. The van der Waals surface area contributed by atoms with E-state index in [2.05, 4.69) is 27.9 Å². The van der Waals surface area contributed by atoms with Gasteiger partial charge in [-0.3, -0.25) is 4.79 Å². The van der Waals surface area contributed by atoms with Crippen LogP contribution in [0, 0.1) is 5.82 Å². The van der Waals surface area contributed by atoms with Gasteiger partial charge >= 0.3 is 0 Å². The maximum Gasteiger partial charge on any atom is 0.255 e. The average molecular weight is 329 g/mol. The van der Waals surface area contributed by atoms with Crippen LogP contribution in [-0.2, 0) is 0 Å². The Balaban J connectivity index is 2.13. The zero-order valence-corrected chi connectivity index (χ0v) is 12.8. The first kappa shape index (κ1) is 14.5. The van der Waals surface area contributed by atoms with Gasteiger partial charge in [0.05, 0.1) is 10.0 Å². The van der Waals surface area contributed by atoms with E-state index in [-0.39, 0.29) is 16.4 Å². The normalized spacial score (nSPS) is 17.5. The van der Waals surface area contributed by atoms with E-state index in [0.29, 0.717) is 5.56 Å². The molecule has 1 heterocycles. The van der Waals surface area contributed by atoms with Gasteiger partial charge in [-0.1, -0.05) is 6.07 Å². The van der Waals surface area contributed by atoms with Gasteiger partial charge in [0, 0.05) is 13.1 Å². The van der Waals surface area contributed by atoms with E-state index in [1.807, 2.05) is 0 Å². The average Bonchev–Trinajstić information content (AvgIpc) is 2.41. The number of hydrogen-bond acceptors (Lipinski definition) is 2. The number of benzene rings is 1. The molecule has 0 aliphatic carbocycles. The lowest BCUT2D eigenvalue weighted by Crippen LogP contribution is -2.44. The molecule has 1 aliphatic heterocycles. The molecule has 1 aromatic carbocycles. The predicted octanol–water partition coefficient (Wildman–Crippen LogP) is 2.75. The number of hydrogen-bond donors (Lipinski definition) is 0. The number of nitrogens with zero attached hydrogens (tertiary/aromatic N) is 2. The van der Waals surface area contributed by atoms with Crippen LogP contribution >= 0.6 is 15.9 Å². The number of amides is 1. The lowest BCUT2D eigenvalue weighted by molar-refractivity contribution is 0.0658. The SMILES string of the molecule is CN1CCC(N(C)C(=O)c2cccc(F)c2Br)CC1. The molecule has 104 valence electrons. The van der Waals surface area contributed by atoms with Gasteiger partial charge in [-0.2, -0.15) is 0 Å². The van der Waals surface area contributed by atoms with Crippen LogP contribution in [0.5, 0.6) is 0 Å². The maximum absolute atomic E-state index is 13.5. The molecular formula is C14H18BrFN2O. The van der Waals surface area contributed by atoms with Crippen LogP contribution in [0.15, 0.2) is 22.7 Å². The van der Waals surface area contributed by atoms with Crippen molar-refractivity contribution < 1.29 is 9.18 Å². The topological polar surface area (TPSA) is 23.6 Å². The molecule has 0 N–H and O–H groups in total. The smallest absolute Gasteiger partial charge is 0.255 e. The number of carbonyl (C=O) groups excluding carboxylic acids is 1. The summed E-state index contributed by atoms with van der Waals surface area (Å²) < 4.78 is 13.7. The van der Waals surface area contributed by atoms with Gasteiger partial charge in [0.2, 0.25) is 0 Å². The fraction of sp³-hybridized carbons (Fsp3) is 0.500. The van der Waals surface area contributed by atoms with E-state index in [4.69, 9.17) is 0 Å². The first-order valence-corrected chi connectivity index (χ1v) is 7.19. The Labute approximate surface area is 121 Å². The second-order valence-corrected chi connectivity index (χ2v) is 5.84. The highest BCUT2D eigenvalue weighted by Gasteiger charge is 2.26. The Morgan fingerprint density at radius 1 is 1.42 bits per heavy atom. The second-order valence-electron chi connectivity index (χ2n) is 5.05. The quantitative estimate of drug-likeness (QED) is 0.833. The van der Waals surface area contributed by atoms with Crippen molar-refractivity contribution in [2.45, 2.75) is 18.9 Å². The summed E-state index contributed by atoms with van der Waals surface area (Å²) in [6.07, 6.45) is 1.93. The van der Waals surface area contributed by atoms with Gasteiger partial charge in [0.1, 0.15) is 5.82 Å². The first-order chi connectivity index (χ1) is 9.00. The summed E-state index contributed by atoms with van der Waals surface area (Å²) in [5.41, 5.74) is 0.390. The van der Waals surface area contributed by atoms with Gasteiger partial charge in [0.25, 0.3) is 5.91 Å². The fourth-order valence-corrected chi connectivity index (χ4v) is 2.84. The zero-order valence-electron chi connectivity index (χ0n) is 11.2. The highest BCUT2D eigenvalue weighted by molar-refractivity contribution is 9.10. The molecule has 1 amide bonds. The summed E-state index contributed by atoms with van der Waals surface area (Å²) >= 11 is 3.15. The molecule has 0 radical (unpaired) electrons. The highest BCUT2D eigenvalue weighted by Crippen LogP contribution is 2.23. The van der Waals surface area contributed by atoms with Crippen LogP contribution in [0.4, 0.5) is 4.39 Å². The molecule has 0 saturated carbocycles. The first-order valence-electron chi connectivity index (χ1n) is 6.40. The van der Waals surface area contributed by atoms with Crippen molar-refractivity contribution in [2.75, 3.05) is 27.2 Å². The van der Waals surface area contributed by atoms with Crippen molar-refractivity contribution in [1.82, 2.24) is 9.80 Å². The highest BCUT2D eigenvalue weighted by atomic mass is 79.9. The summed E-state index contributed by atoms with van der Waals surface area (Å²) in [4.78, 5) is 16.4. The monoisotopic (exact) mass is 328 g/mol. The number of likely N-dealkylation sites (tertiary alicyclic amines) is 1. The molecule has 3 nitrogen and oxygen atoms in total. The van der Waals surface area contributed by atoms with E-state index >= 15 is 0 Å². The predicted molar refractivity (Wildman–Crippen MR) is 76.7 cm³/mol. The summed E-state index contributed by atoms with van der Waals surface area (Å²) in [7, 11) is 3.89. The van der Waals surface area contributed by atoms with Gasteiger partial charge in [0.15, 0.2) is 0 Å². The molecule has 5 heteroatoms. The van der Waals surface area contributed by atoms with Gasteiger partial charge in [-0.15, -0.1) is 0 Å². The Morgan fingerprint density at radius 3 is 2.68 bits per heavy atom. The minimum absolute atomic E-state index is 0.124. The Kier molecular flexibility index (Phi) is 4.58. The Morgan fingerprint density at radius 2 is 2.05 bits per heavy atom. The number of halogens is 2. The van der Waals surface area contributed by atoms with Crippen LogP contribution in [0.25, 0.3) is 0 Å². The fourth-order valence-electron chi connectivity index (χ4n) is 2.41. The third-order valence-electron chi connectivity index (χ3n) is 3.74. The number of rotatable bonds is 2. The molecule has 1 aliphatic rings. The van der Waals surface area contributed by atoms with Crippen molar-refractivity contribution in [2.24, 2.45) is 0 Å². The van der Waals surface area contributed by atoms with Crippen LogP contribution < -0.4 is 0 Å². The molecular weight excluding hydrogens is 311 g/mol. The molecule has 0 unspecified atom stereocenters. The summed E-state index contributed by atoms with van der Waals surface area (Å²) in [6.45, 7) is 1.99. The van der Waals surface area contributed by atoms with Crippen molar-refractivity contribution in [3.8, 4) is 0 Å². The minimum atomic E-state index is -0.400. The molecule has 2 rings (SSSR count). The second kappa shape index (κ2) is 6.01. The van der Waals surface area contributed by atoms with Gasteiger partial charge < -0.3 is 9.80 Å². The molecule has 0 aromatic heterocycles. The molecule has 19 heavy (non-hydrogen) atoms. The summed E-state index contributed by atoms with van der Waals surface area (Å²) in [5.74, 6) is -0.524. The molecule has 0 bridgehead atoms. The molecule has 0 atom stereocenters. The van der Waals surface area contributed by atoms with Crippen LogP contribution in [0.2, 0.25) is 0 Å². The van der Waals surface area contributed by atoms with Crippen molar-refractivity contribution >= 4 is 21.8 Å². The summed E-state index contributed by atoms with van der Waals surface area (Å²) in [5, 5.41) is 0. The largest absolute Gasteiger partial charge is 0.339 e. The third kappa shape index (κ3) is 3.15. The molecule has 0 spiro atoms. The molecule has 1 fully saturated rings. The van der Waals surface area contributed by atoms with Crippen molar-refractivity contribution in [3.05, 3.63) is 34.1 Å². The van der Waals surface area contributed by atoms with Crippen LogP contribution in [0.1, 0.15) is 23.2 Å². The van der Waals surface area contributed by atoms with Crippen LogP contribution in [-0.4, -0.2) is 48.9 Å². The van der Waals surface area contributed by atoms with E-state index in [1.54, 1.807) is 24.1 Å². The number of carbonyl (C=O) groups is 1. The van der Waals surface area contributed by atoms with E-state index < -0.39 is 5.82 Å². The van der Waals surface area contributed by atoms with E-state index in [0.717, 1.165) is 25.9 Å². The van der Waals surface area contributed by atoms with Crippen molar-refractivity contribution in [3.63, 3.8) is 0 Å². The minimum Gasteiger partial charge on any atom is -0.339 e. The van der Waals surface area contributed by atoms with Gasteiger partial charge in [-0.05, 0) is 61.0 Å². The molecule has 1 aromatic rings. The third-order valence-corrected chi connectivity index (χ3v) is 4.54. The van der Waals surface area contributed by atoms with E-state index in [1.165, 1.54) is 6.07 Å². The van der Waals surface area contributed by atoms with E-state index in [9.17, 15) is 9.18 Å². The number of piperidine rings is 1. The maximum atomic E-state index is 13.5. The Bertz CT molecular complexity index is 473. The van der Waals surface area contributed by atoms with Crippen molar-refractivity contribution in [1.29, 1.82) is 0 Å². The lowest BCUT2D eigenvalue weighted by atomic mass is 10.0. The lowest BCUT2D eigenvalue weighted by Gasteiger charge is -2.35. The Hall–Kier alpha value is -0.940. The zero-order chi connectivity index (χ0) is 14.0. The van der Waals surface area contributed by atoms with Gasteiger partial charge in [-0.25, -0.2) is 4.39 Å².